The smallest absolute Gasteiger partial charge is 0.338 e. The summed E-state index contributed by atoms with van der Waals surface area (Å²) in [4.78, 5) is 36.8. The molecule has 1 aromatic carbocycles. The van der Waals surface area contributed by atoms with Crippen LogP contribution in [0.4, 0.5) is 17.1 Å². The minimum absolute atomic E-state index is 0.0453. The molecule has 0 saturated heterocycles. The highest BCUT2D eigenvalue weighted by Crippen LogP contribution is 2.36. The number of esters is 1. The second-order valence-electron chi connectivity index (χ2n) is 4.33. The van der Waals surface area contributed by atoms with Gasteiger partial charge in [0.1, 0.15) is 0 Å². The van der Waals surface area contributed by atoms with Gasteiger partial charge >= 0.3 is 5.97 Å². The Bertz CT molecular complexity index is 789. The minimum atomic E-state index is -0.915. The Hall–Kier alpha value is -2.79. The number of nitro groups is 2. The number of carbonyl (C=O) groups is 1. The predicted octanol–water partition coefficient (Wildman–Crippen LogP) is 3.01. The second kappa shape index (κ2) is 7.19. The van der Waals surface area contributed by atoms with Gasteiger partial charge in [0.15, 0.2) is 10.2 Å². The molecule has 0 spiro atoms. The highest BCUT2D eigenvalue weighted by molar-refractivity contribution is 7.15. The Kier molecular flexibility index (Phi) is 5.26. The van der Waals surface area contributed by atoms with Crippen LogP contribution in [0, 0.1) is 20.2 Å². The molecule has 0 atom stereocenters. The van der Waals surface area contributed by atoms with Gasteiger partial charge in [-0.15, -0.1) is 11.3 Å². The van der Waals surface area contributed by atoms with Crippen molar-refractivity contribution in [1.29, 1.82) is 0 Å². The van der Waals surface area contributed by atoms with Gasteiger partial charge in [0.05, 0.1) is 29.1 Å². The van der Waals surface area contributed by atoms with Crippen LogP contribution in [0.2, 0.25) is 4.47 Å². The molecule has 10 nitrogen and oxygen atoms in total. The molecule has 0 unspecified atom stereocenters. The number of hydrogen-bond acceptors (Lipinski definition) is 9. The molecule has 0 aliphatic rings. The standard InChI is InChI=1S/C12H9ClN4O6S/c1-23-11(18)6-2-8(16(19)20)10(9(3-6)17(21)22)14-4-7-5-15-12(13)24-7/h2-3,5,14H,4H2,1H3. The number of nitrogens with one attached hydrogen (secondary N) is 1. The number of nitrogens with zero attached hydrogens (tertiary/aromatic N) is 3. The summed E-state index contributed by atoms with van der Waals surface area (Å²) in [6.07, 6.45) is 1.44. The van der Waals surface area contributed by atoms with E-state index in [1.54, 1.807) is 0 Å². The van der Waals surface area contributed by atoms with Crippen LogP contribution in [-0.4, -0.2) is 27.9 Å². The summed E-state index contributed by atoms with van der Waals surface area (Å²) in [5.74, 6) is -0.915. The van der Waals surface area contributed by atoms with Gasteiger partial charge in [-0.05, 0) is 0 Å². The van der Waals surface area contributed by atoms with Crippen molar-refractivity contribution in [2.24, 2.45) is 0 Å². The molecule has 0 saturated carbocycles. The van der Waals surface area contributed by atoms with Crippen molar-refractivity contribution >= 4 is 46.0 Å². The number of ether oxygens (including phenoxy) is 1. The lowest BCUT2D eigenvalue weighted by Gasteiger charge is -2.08. The van der Waals surface area contributed by atoms with Gasteiger partial charge in [0.2, 0.25) is 0 Å². The van der Waals surface area contributed by atoms with Crippen molar-refractivity contribution in [1.82, 2.24) is 4.98 Å². The molecule has 1 aromatic heterocycles. The van der Waals surface area contributed by atoms with Crippen molar-refractivity contribution in [2.75, 3.05) is 12.4 Å². The van der Waals surface area contributed by atoms with Crippen LogP contribution >= 0.6 is 22.9 Å². The molecule has 0 amide bonds. The van der Waals surface area contributed by atoms with Gasteiger partial charge in [-0.25, -0.2) is 9.78 Å². The first kappa shape index (κ1) is 17.6. The molecule has 24 heavy (non-hydrogen) atoms. The third kappa shape index (κ3) is 3.75. The summed E-state index contributed by atoms with van der Waals surface area (Å²) in [5, 5.41) is 25.1. The maximum atomic E-state index is 11.5. The zero-order valence-corrected chi connectivity index (χ0v) is 13.6. The van der Waals surface area contributed by atoms with Crippen LogP contribution in [0.3, 0.4) is 0 Å². The third-order valence-electron chi connectivity index (χ3n) is 2.88. The summed E-state index contributed by atoms with van der Waals surface area (Å²) in [6, 6.07) is 1.83. The Morgan fingerprint density at radius 2 is 1.92 bits per heavy atom. The Balaban J connectivity index is 2.48. The van der Waals surface area contributed by atoms with Crippen LogP contribution < -0.4 is 5.32 Å². The van der Waals surface area contributed by atoms with E-state index >= 15 is 0 Å². The largest absolute Gasteiger partial charge is 0.465 e. The number of nitro benzene ring substituents is 2. The quantitative estimate of drug-likeness (QED) is 0.464. The van der Waals surface area contributed by atoms with Gasteiger partial charge in [-0.1, -0.05) is 11.6 Å². The molecular weight excluding hydrogens is 364 g/mol. The number of anilines is 1. The van der Waals surface area contributed by atoms with Crippen LogP contribution in [-0.2, 0) is 11.3 Å². The topological polar surface area (TPSA) is 138 Å². The van der Waals surface area contributed by atoms with Crippen molar-refractivity contribution < 1.29 is 19.4 Å². The van der Waals surface area contributed by atoms with Gasteiger partial charge in [0.25, 0.3) is 11.4 Å². The molecule has 2 aromatic rings. The normalized spacial score (nSPS) is 10.2. The number of rotatable bonds is 6. The number of aromatic nitrogens is 1. The zero-order chi connectivity index (χ0) is 17.9. The monoisotopic (exact) mass is 372 g/mol. The van der Waals surface area contributed by atoms with E-state index in [0.29, 0.717) is 4.88 Å². The van der Waals surface area contributed by atoms with Crippen molar-refractivity contribution in [3.63, 3.8) is 0 Å². The fourth-order valence-corrected chi connectivity index (χ4v) is 2.78. The van der Waals surface area contributed by atoms with Crippen LogP contribution in [0.25, 0.3) is 0 Å². The Labute approximate surface area is 143 Å². The second-order valence-corrected chi connectivity index (χ2v) is 6.03. The van der Waals surface area contributed by atoms with E-state index in [1.165, 1.54) is 6.20 Å². The van der Waals surface area contributed by atoms with E-state index in [2.05, 4.69) is 15.0 Å². The van der Waals surface area contributed by atoms with Crippen LogP contribution in [0.5, 0.6) is 0 Å². The Morgan fingerprint density at radius 1 is 1.33 bits per heavy atom. The molecule has 0 aliphatic carbocycles. The van der Waals surface area contributed by atoms with Crippen LogP contribution in [0.1, 0.15) is 15.2 Å². The molecule has 2 rings (SSSR count). The minimum Gasteiger partial charge on any atom is -0.465 e. The average molecular weight is 373 g/mol. The fraction of sp³-hybridized carbons (Fsp3) is 0.167. The van der Waals surface area contributed by atoms with Gasteiger partial charge < -0.3 is 10.1 Å². The maximum absolute atomic E-state index is 11.5. The Morgan fingerprint density at radius 3 is 2.33 bits per heavy atom. The van der Waals surface area contributed by atoms with Crippen molar-refractivity contribution in [3.05, 3.63) is 53.5 Å². The van der Waals surface area contributed by atoms with E-state index < -0.39 is 27.2 Å². The first-order chi connectivity index (χ1) is 11.3. The molecule has 0 fully saturated rings. The third-order valence-corrected chi connectivity index (χ3v) is 3.99. The maximum Gasteiger partial charge on any atom is 0.338 e. The average Bonchev–Trinajstić information content (AvgIpc) is 2.96. The first-order valence-corrected chi connectivity index (χ1v) is 7.42. The van der Waals surface area contributed by atoms with Crippen LogP contribution in [0.15, 0.2) is 18.3 Å². The van der Waals surface area contributed by atoms with E-state index in [1.807, 2.05) is 0 Å². The first-order valence-electron chi connectivity index (χ1n) is 6.22. The molecule has 0 aliphatic heterocycles. The van der Waals surface area contributed by atoms with Gasteiger partial charge in [-0.3, -0.25) is 20.2 Å². The molecule has 0 bridgehead atoms. The summed E-state index contributed by atoms with van der Waals surface area (Å²) >= 11 is 6.81. The number of hydrogen-bond donors (Lipinski definition) is 1. The van der Waals surface area contributed by atoms with Gasteiger partial charge in [0, 0.05) is 23.2 Å². The van der Waals surface area contributed by atoms with E-state index in [4.69, 9.17) is 11.6 Å². The van der Waals surface area contributed by atoms with Crippen molar-refractivity contribution in [2.45, 2.75) is 6.54 Å². The number of thiazole rings is 1. The fourth-order valence-electron chi connectivity index (χ4n) is 1.86. The SMILES string of the molecule is COC(=O)c1cc([N+](=O)[O-])c(NCc2cnc(Cl)s2)c([N+](=O)[O-])c1. The van der Waals surface area contributed by atoms with E-state index in [-0.39, 0.29) is 22.3 Å². The molecular formula is C12H9ClN4O6S. The molecule has 0 radical (unpaired) electrons. The van der Waals surface area contributed by atoms with E-state index in [9.17, 15) is 25.0 Å². The number of halogens is 1. The lowest BCUT2D eigenvalue weighted by atomic mass is 10.1. The number of benzene rings is 1. The predicted molar refractivity (Wildman–Crippen MR) is 85.5 cm³/mol. The summed E-state index contributed by atoms with van der Waals surface area (Å²) in [7, 11) is 1.07. The molecule has 126 valence electrons. The van der Waals surface area contributed by atoms with Gasteiger partial charge in [-0.2, -0.15) is 0 Å². The highest BCUT2D eigenvalue weighted by atomic mass is 35.5. The highest BCUT2D eigenvalue weighted by Gasteiger charge is 2.28. The zero-order valence-electron chi connectivity index (χ0n) is 12.0. The van der Waals surface area contributed by atoms with Crippen molar-refractivity contribution in [3.8, 4) is 0 Å². The number of methoxy groups -OCH3 is 1. The summed E-state index contributed by atoms with van der Waals surface area (Å²) < 4.78 is 4.73. The van der Waals surface area contributed by atoms with E-state index in [0.717, 1.165) is 30.6 Å². The molecule has 1 heterocycles. The lowest BCUT2D eigenvalue weighted by Crippen LogP contribution is -2.09. The molecule has 12 heteroatoms. The summed E-state index contributed by atoms with van der Waals surface area (Å²) in [6.45, 7) is 0.0453. The molecule has 1 N–H and O–H groups in total. The summed E-state index contributed by atoms with van der Waals surface area (Å²) in [5.41, 5.74) is -1.83. The lowest BCUT2D eigenvalue weighted by molar-refractivity contribution is -0.392. The number of carbonyl (C=O) groups excluding carboxylic acids is 1.